The highest BCUT2D eigenvalue weighted by Crippen LogP contribution is 2.30. The van der Waals surface area contributed by atoms with Gasteiger partial charge in [0.1, 0.15) is 11.6 Å². The molecule has 0 fully saturated rings. The third kappa shape index (κ3) is 2.99. The van der Waals surface area contributed by atoms with Crippen LogP contribution in [0.5, 0.6) is 5.75 Å². The Labute approximate surface area is 124 Å². The van der Waals surface area contributed by atoms with Gasteiger partial charge in [-0.15, -0.1) is 0 Å². The van der Waals surface area contributed by atoms with Crippen LogP contribution in [-0.2, 0) is 0 Å². The zero-order valence-corrected chi connectivity index (χ0v) is 12.6. The summed E-state index contributed by atoms with van der Waals surface area (Å²) < 4.78 is 5.41. The minimum Gasteiger partial charge on any atom is -0.496 e. The summed E-state index contributed by atoms with van der Waals surface area (Å²) in [6, 6.07) is 7.97. The Kier molecular flexibility index (Phi) is 4.74. The lowest BCUT2D eigenvalue weighted by molar-refractivity contribution is 0.420. The van der Waals surface area contributed by atoms with Gasteiger partial charge in [0.25, 0.3) is 0 Å². The minimum atomic E-state index is 0.529. The van der Waals surface area contributed by atoms with Crippen LogP contribution in [0.3, 0.4) is 0 Å². The second-order valence-corrected chi connectivity index (χ2v) is 5.01. The fourth-order valence-corrected chi connectivity index (χ4v) is 2.34. The van der Waals surface area contributed by atoms with E-state index in [9.17, 15) is 0 Å². The van der Waals surface area contributed by atoms with Crippen molar-refractivity contribution in [2.75, 3.05) is 25.1 Å². The zero-order valence-electron chi connectivity index (χ0n) is 11.8. The van der Waals surface area contributed by atoms with Crippen molar-refractivity contribution < 1.29 is 4.74 Å². The van der Waals surface area contributed by atoms with E-state index in [4.69, 9.17) is 22.7 Å². The van der Waals surface area contributed by atoms with Gasteiger partial charge in [-0.3, -0.25) is 0 Å². The van der Waals surface area contributed by atoms with Crippen LogP contribution in [0.15, 0.2) is 30.5 Å². The molecule has 106 valence electrons. The number of fused-ring (bicyclic) bond motifs is 1. The van der Waals surface area contributed by atoms with Crippen molar-refractivity contribution in [2.24, 2.45) is 5.73 Å². The molecule has 0 aliphatic carbocycles. The van der Waals surface area contributed by atoms with Crippen molar-refractivity contribution in [3.05, 3.63) is 30.5 Å². The number of aromatic nitrogens is 1. The second kappa shape index (κ2) is 6.52. The Balaban J connectivity index is 2.44. The van der Waals surface area contributed by atoms with E-state index in [1.54, 1.807) is 7.11 Å². The molecule has 0 radical (unpaired) electrons. The van der Waals surface area contributed by atoms with Gasteiger partial charge in [-0.2, -0.15) is 0 Å². The molecule has 0 amide bonds. The Bertz CT molecular complexity index is 615. The van der Waals surface area contributed by atoms with E-state index in [2.05, 4.69) is 22.9 Å². The number of hydrogen-bond donors (Lipinski definition) is 1. The van der Waals surface area contributed by atoms with Crippen LogP contribution < -0.4 is 15.4 Å². The number of thiocarbonyl (C=S) groups is 1. The lowest BCUT2D eigenvalue weighted by atomic mass is 10.1. The molecule has 2 aromatic rings. The predicted octanol–water partition coefficient (Wildman–Crippen LogP) is 2.75. The molecule has 2 rings (SSSR count). The number of anilines is 1. The van der Waals surface area contributed by atoms with Gasteiger partial charge < -0.3 is 15.4 Å². The van der Waals surface area contributed by atoms with Gasteiger partial charge in [0, 0.05) is 36.5 Å². The summed E-state index contributed by atoms with van der Waals surface area (Å²) in [6.45, 7) is 3.72. The number of benzene rings is 1. The first-order valence-corrected chi connectivity index (χ1v) is 7.03. The van der Waals surface area contributed by atoms with E-state index in [0.717, 1.165) is 35.4 Å². The predicted molar refractivity (Wildman–Crippen MR) is 87.6 cm³/mol. The summed E-state index contributed by atoms with van der Waals surface area (Å²) >= 11 is 4.96. The SMILES string of the molecule is CCN(CCC(N)=S)c1nccc2c(OC)cccc12. The molecule has 0 saturated heterocycles. The van der Waals surface area contributed by atoms with Gasteiger partial charge in [0.15, 0.2) is 0 Å². The highest BCUT2D eigenvalue weighted by molar-refractivity contribution is 7.80. The lowest BCUT2D eigenvalue weighted by Crippen LogP contribution is -2.28. The Hall–Kier alpha value is -1.88. The molecular weight excluding hydrogens is 270 g/mol. The van der Waals surface area contributed by atoms with Crippen molar-refractivity contribution in [1.82, 2.24) is 4.98 Å². The minimum absolute atomic E-state index is 0.529. The first-order valence-electron chi connectivity index (χ1n) is 6.62. The number of pyridine rings is 1. The molecule has 5 heteroatoms. The highest BCUT2D eigenvalue weighted by Gasteiger charge is 2.12. The largest absolute Gasteiger partial charge is 0.496 e. The molecule has 1 aromatic carbocycles. The van der Waals surface area contributed by atoms with Crippen LogP contribution in [0.1, 0.15) is 13.3 Å². The summed E-state index contributed by atoms with van der Waals surface area (Å²) in [5.41, 5.74) is 5.60. The van der Waals surface area contributed by atoms with E-state index >= 15 is 0 Å². The van der Waals surface area contributed by atoms with Crippen LogP contribution >= 0.6 is 12.2 Å². The first kappa shape index (κ1) is 14.5. The Morgan fingerprint density at radius 2 is 2.15 bits per heavy atom. The van der Waals surface area contributed by atoms with Crippen LogP contribution in [0.25, 0.3) is 10.8 Å². The molecule has 0 spiro atoms. The summed E-state index contributed by atoms with van der Waals surface area (Å²) in [6.07, 6.45) is 2.49. The lowest BCUT2D eigenvalue weighted by Gasteiger charge is -2.23. The smallest absolute Gasteiger partial charge is 0.136 e. The van der Waals surface area contributed by atoms with Crippen LogP contribution in [0.4, 0.5) is 5.82 Å². The fraction of sp³-hybridized carbons (Fsp3) is 0.333. The highest BCUT2D eigenvalue weighted by atomic mass is 32.1. The third-order valence-electron chi connectivity index (χ3n) is 3.27. The Morgan fingerprint density at radius 3 is 2.80 bits per heavy atom. The monoisotopic (exact) mass is 289 g/mol. The first-order chi connectivity index (χ1) is 9.67. The van der Waals surface area contributed by atoms with Crippen molar-refractivity contribution in [3.8, 4) is 5.75 Å². The third-order valence-corrected chi connectivity index (χ3v) is 3.48. The fourth-order valence-electron chi connectivity index (χ4n) is 2.25. The summed E-state index contributed by atoms with van der Waals surface area (Å²) in [4.78, 5) is 7.23. The molecule has 0 aliphatic heterocycles. The Morgan fingerprint density at radius 1 is 1.35 bits per heavy atom. The average Bonchev–Trinajstić information content (AvgIpc) is 2.47. The molecule has 2 N–H and O–H groups in total. The van der Waals surface area contributed by atoms with E-state index in [0.29, 0.717) is 11.4 Å². The molecule has 4 nitrogen and oxygen atoms in total. The number of methoxy groups -OCH3 is 1. The standard InChI is InChI=1S/C15H19N3OS/c1-3-18(10-8-14(16)20)15-12-5-4-6-13(19-2)11(12)7-9-17-15/h4-7,9H,3,8,10H2,1-2H3,(H2,16,20). The molecule has 1 aromatic heterocycles. The molecule has 0 saturated carbocycles. The maximum absolute atomic E-state index is 5.60. The van der Waals surface area contributed by atoms with Crippen LogP contribution in [0, 0.1) is 0 Å². The summed E-state index contributed by atoms with van der Waals surface area (Å²) in [7, 11) is 1.68. The van der Waals surface area contributed by atoms with Gasteiger partial charge >= 0.3 is 0 Å². The van der Waals surface area contributed by atoms with Gasteiger partial charge in [0.05, 0.1) is 12.1 Å². The van der Waals surface area contributed by atoms with Gasteiger partial charge in [-0.1, -0.05) is 24.4 Å². The van der Waals surface area contributed by atoms with Gasteiger partial charge in [-0.05, 0) is 19.1 Å². The molecule has 0 aliphatic rings. The normalized spacial score (nSPS) is 10.5. The molecule has 0 unspecified atom stereocenters. The number of nitrogens with zero attached hydrogens (tertiary/aromatic N) is 2. The van der Waals surface area contributed by atoms with E-state index in [1.807, 2.05) is 24.4 Å². The average molecular weight is 289 g/mol. The van der Waals surface area contributed by atoms with E-state index in [1.165, 1.54) is 0 Å². The topological polar surface area (TPSA) is 51.4 Å². The van der Waals surface area contributed by atoms with Crippen molar-refractivity contribution in [3.63, 3.8) is 0 Å². The number of hydrogen-bond acceptors (Lipinski definition) is 4. The molecule has 0 bridgehead atoms. The second-order valence-electron chi connectivity index (χ2n) is 4.49. The van der Waals surface area contributed by atoms with E-state index < -0.39 is 0 Å². The van der Waals surface area contributed by atoms with Crippen molar-refractivity contribution in [1.29, 1.82) is 0 Å². The number of rotatable bonds is 6. The zero-order chi connectivity index (χ0) is 14.5. The molecule has 0 atom stereocenters. The van der Waals surface area contributed by atoms with Crippen molar-refractivity contribution in [2.45, 2.75) is 13.3 Å². The quantitative estimate of drug-likeness (QED) is 0.829. The molecular formula is C15H19N3OS. The van der Waals surface area contributed by atoms with Crippen LogP contribution in [-0.4, -0.2) is 30.2 Å². The maximum Gasteiger partial charge on any atom is 0.136 e. The summed E-state index contributed by atoms with van der Waals surface area (Å²) in [5.74, 6) is 1.80. The van der Waals surface area contributed by atoms with E-state index in [-0.39, 0.29) is 0 Å². The van der Waals surface area contributed by atoms with Crippen molar-refractivity contribution >= 4 is 33.8 Å². The van der Waals surface area contributed by atoms with Gasteiger partial charge in [0.2, 0.25) is 0 Å². The molecule has 1 heterocycles. The molecule has 20 heavy (non-hydrogen) atoms. The van der Waals surface area contributed by atoms with Crippen LogP contribution in [0.2, 0.25) is 0 Å². The maximum atomic E-state index is 5.60. The number of nitrogens with two attached hydrogens (primary N) is 1. The number of ether oxygens (including phenoxy) is 1. The van der Waals surface area contributed by atoms with Gasteiger partial charge in [-0.25, -0.2) is 4.98 Å². The summed E-state index contributed by atoms with van der Waals surface area (Å²) in [5, 5.41) is 2.14.